The van der Waals surface area contributed by atoms with Gasteiger partial charge in [0.15, 0.2) is 0 Å². The SMILES string of the molecule is CCCCCCCCCCN1C[C@@H](O)C(O)[C@@H](O)C1. The number of aliphatic hydroxyl groups is 3. The Morgan fingerprint density at radius 1 is 0.789 bits per heavy atom. The maximum absolute atomic E-state index is 9.59. The third kappa shape index (κ3) is 6.70. The van der Waals surface area contributed by atoms with E-state index in [9.17, 15) is 15.3 Å². The van der Waals surface area contributed by atoms with Crippen LogP contribution in [-0.4, -0.2) is 58.2 Å². The molecule has 4 nitrogen and oxygen atoms in total. The van der Waals surface area contributed by atoms with Gasteiger partial charge in [-0.3, -0.25) is 4.90 Å². The first-order chi connectivity index (χ1) is 9.15. The summed E-state index contributed by atoms with van der Waals surface area (Å²) < 4.78 is 0. The third-order valence-corrected chi connectivity index (χ3v) is 4.01. The summed E-state index contributed by atoms with van der Waals surface area (Å²) in [4.78, 5) is 2.05. The Bertz CT molecular complexity index is 213. The van der Waals surface area contributed by atoms with Gasteiger partial charge < -0.3 is 15.3 Å². The van der Waals surface area contributed by atoms with Crippen LogP contribution in [0, 0.1) is 0 Å². The molecule has 1 aliphatic heterocycles. The van der Waals surface area contributed by atoms with Gasteiger partial charge in [0.25, 0.3) is 0 Å². The van der Waals surface area contributed by atoms with Crippen LogP contribution in [-0.2, 0) is 0 Å². The molecule has 0 amide bonds. The number of piperidine rings is 1. The van der Waals surface area contributed by atoms with Crippen molar-refractivity contribution in [2.45, 2.75) is 76.6 Å². The lowest BCUT2D eigenvalue weighted by Crippen LogP contribution is -2.55. The van der Waals surface area contributed by atoms with Crippen molar-refractivity contribution in [3.05, 3.63) is 0 Å². The minimum Gasteiger partial charge on any atom is -0.389 e. The Morgan fingerprint density at radius 3 is 1.79 bits per heavy atom. The fourth-order valence-corrected chi connectivity index (χ4v) is 2.73. The fraction of sp³-hybridized carbons (Fsp3) is 1.00. The molecule has 0 aromatic carbocycles. The Morgan fingerprint density at radius 2 is 1.26 bits per heavy atom. The standard InChI is InChI=1S/C15H31NO3/c1-2-3-4-5-6-7-8-9-10-16-11-13(17)15(19)14(18)12-16/h13-15,17-19H,2-12H2,1H3/t13-,14+,15?. The van der Waals surface area contributed by atoms with Gasteiger partial charge in [-0.05, 0) is 13.0 Å². The van der Waals surface area contributed by atoms with Gasteiger partial charge in [0.2, 0.25) is 0 Å². The highest BCUT2D eigenvalue weighted by atomic mass is 16.4. The van der Waals surface area contributed by atoms with Crippen LogP contribution in [0.5, 0.6) is 0 Å². The second-order valence-electron chi connectivity index (χ2n) is 5.86. The maximum atomic E-state index is 9.59. The predicted molar refractivity (Wildman–Crippen MR) is 77.1 cm³/mol. The summed E-state index contributed by atoms with van der Waals surface area (Å²) in [6, 6.07) is 0. The van der Waals surface area contributed by atoms with Gasteiger partial charge in [-0.15, -0.1) is 0 Å². The van der Waals surface area contributed by atoms with E-state index in [0.29, 0.717) is 13.1 Å². The van der Waals surface area contributed by atoms with Crippen LogP contribution in [0.25, 0.3) is 0 Å². The number of aliphatic hydroxyl groups excluding tert-OH is 3. The summed E-state index contributed by atoms with van der Waals surface area (Å²) in [5.74, 6) is 0. The molecule has 0 aromatic heterocycles. The molecule has 19 heavy (non-hydrogen) atoms. The topological polar surface area (TPSA) is 63.9 Å². The lowest BCUT2D eigenvalue weighted by Gasteiger charge is -2.36. The minimum atomic E-state index is -0.977. The summed E-state index contributed by atoms with van der Waals surface area (Å²) in [5.41, 5.74) is 0. The van der Waals surface area contributed by atoms with Gasteiger partial charge in [0, 0.05) is 13.1 Å². The average Bonchev–Trinajstić information content (AvgIpc) is 2.39. The molecule has 114 valence electrons. The minimum absolute atomic E-state index is 0.481. The molecule has 1 unspecified atom stereocenters. The van der Waals surface area contributed by atoms with Gasteiger partial charge in [-0.1, -0.05) is 51.9 Å². The van der Waals surface area contributed by atoms with Crippen molar-refractivity contribution in [3.63, 3.8) is 0 Å². The number of unbranched alkanes of at least 4 members (excludes halogenated alkanes) is 7. The molecular formula is C15H31NO3. The lowest BCUT2D eigenvalue weighted by molar-refractivity contribution is -0.109. The van der Waals surface area contributed by atoms with Crippen molar-refractivity contribution in [1.29, 1.82) is 0 Å². The molecule has 1 fully saturated rings. The Balaban J connectivity index is 1.98. The molecule has 0 spiro atoms. The molecule has 0 saturated carbocycles. The van der Waals surface area contributed by atoms with Crippen LogP contribution in [0.3, 0.4) is 0 Å². The van der Waals surface area contributed by atoms with Crippen molar-refractivity contribution >= 4 is 0 Å². The summed E-state index contributed by atoms with van der Waals surface area (Å²) >= 11 is 0. The van der Waals surface area contributed by atoms with Crippen molar-refractivity contribution in [2.75, 3.05) is 19.6 Å². The normalized spacial score (nSPS) is 28.7. The van der Waals surface area contributed by atoms with Gasteiger partial charge in [0.05, 0.1) is 12.2 Å². The first-order valence-electron chi connectivity index (χ1n) is 7.91. The van der Waals surface area contributed by atoms with Crippen molar-refractivity contribution in [1.82, 2.24) is 4.90 Å². The van der Waals surface area contributed by atoms with E-state index in [2.05, 4.69) is 11.8 Å². The molecule has 0 aromatic rings. The second kappa shape index (κ2) is 9.70. The van der Waals surface area contributed by atoms with Gasteiger partial charge in [0.1, 0.15) is 6.10 Å². The van der Waals surface area contributed by atoms with Crippen LogP contribution in [0.4, 0.5) is 0 Å². The molecule has 1 heterocycles. The Kier molecular flexibility index (Phi) is 8.62. The smallest absolute Gasteiger partial charge is 0.108 e. The van der Waals surface area contributed by atoms with E-state index in [1.54, 1.807) is 0 Å². The first-order valence-corrected chi connectivity index (χ1v) is 7.91. The molecule has 3 atom stereocenters. The molecule has 0 radical (unpaired) electrons. The summed E-state index contributed by atoms with van der Waals surface area (Å²) in [7, 11) is 0. The average molecular weight is 273 g/mol. The molecule has 3 N–H and O–H groups in total. The summed E-state index contributed by atoms with van der Waals surface area (Å²) in [6.07, 6.45) is 7.71. The number of hydrogen-bond acceptors (Lipinski definition) is 4. The van der Waals surface area contributed by atoms with E-state index >= 15 is 0 Å². The maximum Gasteiger partial charge on any atom is 0.108 e. The highest BCUT2D eigenvalue weighted by Gasteiger charge is 2.32. The molecular weight excluding hydrogens is 242 g/mol. The van der Waals surface area contributed by atoms with E-state index in [1.165, 1.54) is 44.9 Å². The largest absolute Gasteiger partial charge is 0.389 e. The summed E-state index contributed by atoms with van der Waals surface area (Å²) in [6.45, 7) is 4.11. The van der Waals surface area contributed by atoms with Gasteiger partial charge in [-0.2, -0.15) is 0 Å². The van der Waals surface area contributed by atoms with Crippen LogP contribution in [0.15, 0.2) is 0 Å². The molecule has 4 heteroatoms. The van der Waals surface area contributed by atoms with E-state index in [4.69, 9.17) is 0 Å². The second-order valence-corrected chi connectivity index (χ2v) is 5.86. The van der Waals surface area contributed by atoms with Crippen molar-refractivity contribution < 1.29 is 15.3 Å². The zero-order valence-electron chi connectivity index (χ0n) is 12.3. The first kappa shape index (κ1) is 16.9. The molecule has 0 bridgehead atoms. The van der Waals surface area contributed by atoms with Gasteiger partial charge >= 0.3 is 0 Å². The predicted octanol–water partition coefficient (Wildman–Crippen LogP) is 1.53. The van der Waals surface area contributed by atoms with E-state index in [0.717, 1.165) is 13.0 Å². The monoisotopic (exact) mass is 273 g/mol. The number of rotatable bonds is 9. The van der Waals surface area contributed by atoms with Crippen molar-refractivity contribution in [2.24, 2.45) is 0 Å². The van der Waals surface area contributed by atoms with Crippen LogP contribution in [0.1, 0.15) is 58.3 Å². The fourth-order valence-electron chi connectivity index (χ4n) is 2.73. The zero-order valence-corrected chi connectivity index (χ0v) is 12.3. The molecule has 1 rings (SSSR count). The van der Waals surface area contributed by atoms with E-state index < -0.39 is 18.3 Å². The molecule has 1 aliphatic rings. The van der Waals surface area contributed by atoms with Crippen molar-refractivity contribution in [3.8, 4) is 0 Å². The quantitative estimate of drug-likeness (QED) is 0.557. The number of β-amino-alcohol motifs (C(OH)–C–C–N with tert-alkyl or cyclic N) is 2. The number of likely N-dealkylation sites (tertiary alicyclic amines) is 1. The molecule has 0 aliphatic carbocycles. The highest BCUT2D eigenvalue weighted by molar-refractivity contribution is 4.86. The highest BCUT2D eigenvalue weighted by Crippen LogP contribution is 2.14. The van der Waals surface area contributed by atoms with Crippen LogP contribution < -0.4 is 0 Å². The number of nitrogens with zero attached hydrogens (tertiary/aromatic N) is 1. The molecule has 1 saturated heterocycles. The van der Waals surface area contributed by atoms with Gasteiger partial charge in [-0.25, -0.2) is 0 Å². The van der Waals surface area contributed by atoms with E-state index in [1.807, 2.05) is 0 Å². The lowest BCUT2D eigenvalue weighted by atomic mass is 10.0. The zero-order chi connectivity index (χ0) is 14.1. The Labute approximate surface area is 117 Å². The summed E-state index contributed by atoms with van der Waals surface area (Å²) in [5, 5.41) is 28.6. The van der Waals surface area contributed by atoms with Crippen LogP contribution >= 0.6 is 0 Å². The van der Waals surface area contributed by atoms with E-state index in [-0.39, 0.29) is 0 Å². The third-order valence-electron chi connectivity index (χ3n) is 4.01. The van der Waals surface area contributed by atoms with Crippen LogP contribution in [0.2, 0.25) is 0 Å². The number of hydrogen-bond donors (Lipinski definition) is 3. The Hall–Kier alpha value is -0.160.